The van der Waals surface area contributed by atoms with Crippen molar-refractivity contribution in [2.75, 3.05) is 11.5 Å². The summed E-state index contributed by atoms with van der Waals surface area (Å²) in [4.78, 5) is 26.9. The normalized spacial score (nSPS) is 26.2. The van der Waals surface area contributed by atoms with Crippen molar-refractivity contribution in [3.8, 4) is 0 Å². The molecule has 0 aliphatic heterocycles. The number of rotatable bonds is 12. The average molecular weight is 983 g/mol. The van der Waals surface area contributed by atoms with Gasteiger partial charge in [-0.15, -0.1) is 24.3 Å². The monoisotopic (exact) mass is 982 g/mol. The van der Waals surface area contributed by atoms with Crippen LogP contribution in [0.1, 0.15) is 115 Å². The molecule has 3 saturated carbocycles. The molecule has 67 heavy (non-hydrogen) atoms. The van der Waals surface area contributed by atoms with Crippen molar-refractivity contribution in [1.29, 1.82) is 0 Å². The van der Waals surface area contributed by atoms with Crippen LogP contribution in [-0.2, 0) is 54.0 Å². The second kappa shape index (κ2) is 27.9. The van der Waals surface area contributed by atoms with Crippen LogP contribution in [0.3, 0.4) is 0 Å². The topological polar surface area (TPSA) is 93.1 Å². The molecule has 0 saturated heterocycles. The zero-order valence-electron chi connectivity index (χ0n) is 41.1. The van der Waals surface area contributed by atoms with Gasteiger partial charge in [-0.2, -0.15) is 72.8 Å². The number of hydrogen-bond acceptors (Lipinski definition) is 8. The molecule has 9 heteroatoms. The van der Waals surface area contributed by atoms with E-state index in [-0.39, 0.29) is 69.5 Å². The van der Waals surface area contributed by atoms with Crippen molar-refractivity contribution in [2.45, 2.75) is 129 Å². The molecule has 4 aromatic carbocycles. The SMILES string of the molecule is CC(C)(C)C1CC(CSC2CCCCC2SCC2CC(C(C)(C)C)CC(C(=O)OCc3ccccc3)C2O)C(O)C(C(=O)OCc2ccccc2)C1.[CH2-]c1ccccc1.[CH2-]c1ccccc1.[Ti+2]. The fraction of sp³-hybridized carbons (Fsp3) is 0.517. The van der Waals surface area contributed by atoms with Crippen LogP contribution in [0.25, 0.3) is 0 Å². The van der Waals surface area contributed by atoms with Crippen LogP contribution in [0.4, 0.5) is 0 Å². The quantitative estimate of drug-likeness (QED) is 0.0824. The first-order valence-corrected chi connectivity index (χ1v) is 26.3. The Bertz CT molecular complexity index is 1840. The van der Waals surface area contributed by atoms with Gasteiger partial charge in [-0.25, -0.2) is 0 Å². The number of carbonyl (C=O) groups is 2. The van der Waals surface area contributed by atoms with E-state index in [0.29, 0.717) is 35.2 Å². The Labute approximate surface area is 427 Å². The Morgan fingerprint density at radius 1 is 0.537 bits per heavy atom. The molecule has 362 valence electrons. The Hall–Kier alpha value is -3.11. The fourth-order valence-electron chi connectivity index (χ4n) is 9.54. The van der Waals surface area contributed by atoms with E-state index in [1.54, 1.807) is 0 Å². The summed E-state index contributed by atoms with van der Waals surface area (Å²) in [7, 11) is 0. The Kier molecular flexibility index (Phi) is 23.5. The first-order valence-electron chi connectivity index (χ1n) is 24.2. The van der Waals surface area contributed by atoms with E-state index in [2.05, 4.69) is 55.4 Å². The van der Waals surface area contributed by atoms with E-state index in [4.69, 9.17) is 9.47 Å². The molecule has 0 bridgehead atoms. The van der Waals surface area contributed by atoms with Crippen LogP contribution in [-0.4, -0.2) is 56.4 Å². The minimum absolute atomic E-state index is 0. The molecule has 10 unspecified atom stereocenters. The van der Waals surface area contributed by atoms with Gasteiger partial charge >= 0.3 is 33.7 Å². The second-order valence-electron chi connectivity index (χ2n) is 21.0. The standard InChI is InChI=1S/C44H64O6S2.2C7H7.Ti/c1-43(2,3)33-21-31(39(45)35(23-33)41(47)49-25-29-15-9-7-10-16-29)27-51-37-19-13-14-20-38(37)52-28-32-22-34(44(4,5)6)24-36(40(32)46)42(48)50-26-30-17-11-8-12-18-30;2*1-7-5-3-2-4-6-7;/h7-12,15-18,31-40,45-46H,13-14,19-28H2,1-6H3;2*2-6H,1H2;/q;2*-1;+2. The van der Waals surface area contributed by atoms with Crippen molar-refractivity contribution < 1.29 is 51.0 Å². The fourth-order valence-corrected chi connectivity index (χ4v) is 13.0. The molecule has 0 radical (unpaired) electrons. The minimum atomic E-state index is -0.714. The zero-order valence-corrected chi connectivity index (χ0v) is 44.3. The largest absolute Gasteiger partial charge is 2.00 e. The molecular weight excluding hydrogens is 905 g/mol. The van der Waals surface area contributed by atoms with Crippen LogP contribution in [0, 0.1) is 60.2 Å². The van der Waals surface area contributed by atoms with Crippen molar-refractivity contribution in [3.05, 3.63) is 157 Å². The van der Waals surface area contributed by atoms with Gasteiger partial charge in [0.05, 0.1) is 24.0 Å². The maximum Gasteiger partial charge on any atom is 2.00 e. The zero-order chi connectivity index (χ0) is 47.7. The Balaban J connectivity index is 0.000000555. The summed E-state index contributed by atoms with van der Waals surface area (Å²) in [5.74, 6) is 0.754. The smallest absolute Gasteiger partial charge is 0.461 e. The molecule has 6 nitrogen and oxygen atoms in total. The van der Waals surface area contributed by atoms with Gasteiger partial charge in [0.25, 0.3) is 0 Å². The van der Waals surface area contributed by atoms with Gasteiger partial charge in [-0.05, 0) is 95.7 Å². The molecule has 0 amide bonds. The third-order valence-electron chi connectivity index (χ3n) is 13.9. The summed E-state index contributed by atoms with van der Waals surface area (Å²) in [6, 6.07) is 39.2. The van der Waals surface area contributed by atoms with Gasteiger partial charge in [0, 0.05) is 10.5 Å². The Morgan fingerprint density at radius 3 is 1.13 bits per heavy atom. The van der Waals surface area contributed by atoms with Crippen molar-refractivity contribution in [1.82, 2.24) is 0 Å². The van der Waals surface area contributed by atoms with Crippen LogP contribution in [0.2, 0.25) is 0 Å². The van der Waals surface area contributed by atoms with Gasteiger partial charge in [-0.1, -0.05) is 127 Å². The molecule has 0 aromatic heterocycles. The third-order valence-corrected chi connectivity index (χ3v) is 17.3. The van der Waals surface area contributed by atoms with E-state index >= 15 is 0 Å². The van der Waals surface area contributed by atoms with E-state index in [1.165, 1.54) is 12.8 Å². The van der Waals surface area contributed by atoms with Gasteiger partial charge in [0.15, 0.2) is 0 Å². The molecule has 3 aliphatic rings. The summed E-state index contributed by atoms with van der Waals surface area (Å²) in [5, 5.41) is 24.2. The average Bonchev–Trinajstić information content (AvgIpc) is 3.30. The maximum absolute atomic E-state index is 13.4. The summed E-state index contributed by atoms with van der Waals surface area (Å²) < 4.78 is 11.6. The first kappa shape index (κ1) is 56.5. The van der Waals surface area contributed by atoms with Gasteiger partial charge in [-0.3, -0.25) is 9.59 Å². The number of thioether (sulfide) groups is 2. The molecule has 2 N–H and O–H groups in total. The van der Waals surface area contributed by atoms with Crippen LogP contribution in [0.5, 0.6) is 0 Å². The molecule has 10 atom stereocenters. The summed E-state index contributed by atoms with van der Waals surface area (Å²) >= 11 is 3.97. The predicted octanol–water partition coefficient (Wildman–Crippen LogP) is 13.1. The minimum Gasteiger partial charge on any atom is -0.461 e. The number of benzene rings is 4. The number of esters is 2. The molecular formula is C58H78O6S2Ti. The number of ether oxygens (including phenoxy) is 2. The number of carbonyl (C=O) groups excluding carboxylic acids is 2. The predicted molar refractivity (Wildman–Crippen MR) is 276 cm³/mol. The van der Waals surface area contributed by atoms with E-state index in [0.717, 1.165) is 59.4 Å². The van der Waals surface area contributed by atoms with Crippen molar-refractivity contribution in [3.63, 3.8) is 0 Å². The van der Waals surface area contributed by atoms with Crippen LogP contribution >= 0.6 is 23.5 Å². The first-order chi connectivity index (χ1) is 31.5. The van der Waals surface area contributed by atoms with Gasteiger partial charge in [0.2, 0.25) is 0 Å². The number of hydrogen-bond donors (Lipinski definition) is 2. The summed E-state index contributed by atoms with van der Waals surface area (Å²) in [6.07, 6.45) is 6.39. The molecule has 3 fully saturated rings. The van der Waals surface area contributed by atoms with E-state index in [1.807, 2.05) is 145 Å². The molecule has 4 aromatic rings. The Morgan fingerprint density at radius 2 is 0.851 bits per heavy atom. The third kappa shape index (κ3) is 18.6. The van der Waals surface area contributed by atoms with E-state index in [9.17, 15) is 19.8 Å². The van der Waals surface area contributed by atoms with Crippen LogP contribution in [0.15, 0.2) is 121 Å². The molecule has 0 spiro atoms. The van der Waals surface area contributed by atoms with E-state index < -0.39 is 24.0 Å². The summed E-state index contributed by atoms with van der Waals surface area (Å²) in [5.41, 5.74) is 4.11. The van der Waals surface area contributed by atoms with Crippen molar-refractivity contribution >= 4 is 35.5 Å². The number of aliphatic hydroxyl groups is 2. The molecule has 3 aliphatic carbocycles. The molecule has 7 rings (SSSR count). The van der Waals surface area contributed by atoms with Crippen molar-refractivity contribution in [2.24, 2.45) is 46.3 Å². The second-order valence-corrected chi connectivity index (χ2v) is 23.5. The summed E-state index contributed by atoms with van der Waals surface area (Å²) in [6.45, 7) is 21.4. The van der Waals surface area contributed by atoms with Gasteiger partial charge < -0.3 is 19.7 Å². The van der Waals surface area contributed by atoms with Crippen LogP contribution < -0.4 is 0 Å². The van der Waals surface area contributed by atoms with Gasteiger partial charge in [0.1, 0.15) is 13.2 Å². The maximum atomic E-state index is 13.4. The number of aliphatic hydroxyl groups excluding tert-OH is 2. The molecule has 0 heterocycles.